The second kappa shape index (κ2) is 10.7. The predicted octanol–water partition coefficient (Wildman–Crippen LogP) is 3.41. The SMILES string of the molecule is CN=C(NCCc1cc2ccccc2o1)NC1CCN(C(=O)C(C)C)CC1.I. The molecule has 2 heterocycles. The van der Waals surface area contributed by atoms with Gasteiger partial charge in [0.2, 0.25) is 5.91 Å². The number of benzene rings is 1. The Hall–Kier alpha value is -1.77. The molecule has 0 bridgehead atoms. The Morgan fingerprint density at radius 2 is 2.00 bits per heavy atom. The second-order valence-electron chi connectivity index (χ2n) is 7.40. The van der Waals surface area contributed by atoms with Crippen LogP contribution in [0.15, 0.2) is 39.7 Å². The molecule has 0 saturated carbocycles. The van der Waals surface area contributed by atoms with E-state index in [1.807, 2.05) is 36.9 Å². The fraction of sp³-hybridized carbons (Fsp3) is 0.524. The number of fused-ring (bicyclic) bond motifs is 1. The second-order valence-corrected chi connectivity index (χ2v) is 7.40. The van der Waals surface area contributed by atoms with Crippen LogP contribution in [0, 0.1) is 5.92 Å². The Bertz CT molecular complexity index is 762. The summed E-state index contributed by atoms with van der Waals surface area (Å²) >= 11 is 0. The summed E-state index contributed by atoms with van der Waals surface area (Å²) in [5, 5.41) is 7.97. The molecule has 1 fully saturated rings. The van der Waals surface area contributed by atoms with Crippen molar-refractivity contribution in [2.45, 2.75) is 39.2 Å². The first-order valence-electron chi connectivity index (χ1n) is 9.80. The van der Waals surface area contributed by atoms with E-state index >= 15 is 0 Å². The summed E-state index contributed by atoms with van der Waals surface area (Å²) in [6.45, 7) is 6.29. The summed E-state index contributed by atoms with van der Waals surface area (Å²) in [5.74, 6) is 2.10. The van der Waals surface area contributed by atoms with Crippen molar-refractivity contribution in [1.82, 2.24) is 15.5 Å². The summed E-state index contributed by atoms with van der Waals surface area (Å²) in [6.07, 6.45) is 2.70. The van der Waals surface area contributed by atoms with Crippen LogP contribution in [0.1, 0.15) is 32.4 Å². The predicted molar refractivity (Wildman–Crippen MR) is 124 cm³/mol. The lowest BCUT2D eigenvalue weighted by molar-refractivity contribution is -0.135. The van der Waals surface area contributed by atoms with Crippen molar-refractivity contribution in [1.29, 1.82) is 0 Å². The van der Waals surface area contributed by atoms with Crippen molar-refractivity contribution in [3.8, 4) is 0 Å². The Morgan fingerprint density at radius 3 is 2.64 bits per heavy atom. The van der Waals surface area contributed by atoms with E-state index in [2.05, 4.69) is 27.8 Å². The number of amides is 1. The molecule has 1 aromatic heterocycles. The van der Waals surface area contributed by atoms with Crippen LogP contribution in [-0.2, 0) is 11.2 Å². The third-order valence-electron chi connectivity index (χ3n) is 5.01. The number of para-hydroxylation sites is 1. The summed E-state index contributed by atoms with van der Waals surface area (Å²) < 4.78 is 5.85. The molecule has 0 radical (unpaired) electrons. The number of guanidine groups is 1. The molecule has 0 atom stereocenters. The maximum Gasteiger partial charge on any atom is 0.225 e. The number of likely N-dealkylation sites (tertiary alicyclic amines) is 1. The topological polar surface area (TPSA) is 69.9 Å². The fourth-order valence-corrected chi connectivity index (χ4v) is 3.46. The number of halogens is 1. The molecule has 28 heavy (non-hydrogen) atoms. The van der Waals surface area contributed by atoms with Crippen LogP contribution in [0.4, 0.5) is 0 Å². The van der Waals surface area contributed by atoms with E-state index in [9.17, 15) is 4.79 Å². The van der Waals surface area contributed by atoms with Crippen molar-refractivity contribution in [3.63, 3.8) is 0 Å². The highest BCUT2D eigenvalue weighted by molar-refractivity contribution is 14.0. The summed E-state index contributed by atoms with van der Waals surface area (Å²) in [7, 11) is 1.79. The zero-order chi connectivity index (χ0) is 19.2. The van der Waals surface area contributed by atoms with E-state index in [4.69, 9.17) is 4.42 Å². The average molecular weight is 498 g/mol. The van der Waals surface area contributed by atoms with Gasteiger partial charge in [-0.3, -0.25) is 9.79 Å². The van der Waals surface area contributed by atoms with Crippen molar-refractivity contribution < 1.29 is 9.21 Å². The molecule has 1 amide bonds. The van der Waals surface area contributed by atoms with Crippen molar-refractivity contribution >= 4 is 46.8 Å². The zero-order valence-corrected chi connectivity index (χ0v) is 19.2. The lowest BCUT2D eigenvalue weighted by Gasteiger charge is -2.34. The normalized spacial score (nSPS) is 15.6. The molecule has 0 spiro atoms. The van der Waals surface area contributed by atoms with Crippen molar-refractivity contribution in [2.24, 2.45) is 10.9 Å². The Kier molecular flexibility index (Phi) is 8.59. The van der Waals surface area contributed by atoms with E-state index in [1.54, 1.807) is 7.05 Å². The van der Waals surface area contributed by atoms with E-state index in [0.717, 1.165) is 61.6 Å². The Balaban J connectivity index is 0.00000280. The molecular weight excluding hydrogens is 467 g/mol. The highest BCUT2D eigenvalue weighted by Crippen LogP contribution is 2.18. The number of furan rings is 1. The number of carbonyl (C=O) groups excluding carboxylic acids is 1. The molecule has 7 heteroatoms. The molecule has 0 aliphatic carbocycles. The average Bonchev–Trinajstić information content (AvgIpc) is 3.10. The molecule has 154 valence electrons. The lowest BCUT2D eigenvalue weighted by Crippen LogP contribution is -2.50. The van der Waals surface area contributed by atoms with E-state index in [-0.39, 0.29) is 35.8 Å². The van der Waals surface area contributed by atoms with Gasteiger partial charge in [-0.05, 0) is 25.0 Å². The zero-order valence-electron chi connectivity index (χ0n) is 16.9. The molecule has 1 saturated heterocycles. The monoisotopic (exact) mass is 498 g/mol. The van der Waals surface area contributed by atoms with E-state index in [0.29, 0.717) is 6.04 Å². The van der Waals surface area contributed by atoms with Gasteiger partial charge in [-0.25, -0.2) is 0 Å². The van der Waals surface area contributed by atoms with Crippen LogP contribution >= 0.6 is 24.0 Å². The molecule has 1 aromatic carbocycles. The summed E-state index contributed by atoms with van der Waals surface area (Å²) in [4.78, 5) is 18.4. The number of carbonyl (C=O) groups is 1. The van der Waals surface area contributed by atoms with Gasteiger partial charge in [-0.2, -0.15) is 0 Å². The van der Waals surface area contributed by atoms with Crippen LogP contribution in [0.25, 0.3) is 11.0 Å². The van der Waals surface area contributed by atoms with Gasteiger partial charge >= 0.3 is 0 Å². The van der Waals surface area contributed by atoms with Crippen LogP contribution < -0.4 is 10.6 Å². The van der Waals surface area contributed by atoms with Crippen molar-refractivity contribution in [2.75, 3.05) is 26.7 Å². The third kappa shape index (κ3) is 5.86. The molecule has 1 aliphatic heterocycles. The minimum Gasteiger partial charge on any atom is -0.461 e. The first kappa shape index (κ1) is 22.5. The van der Waals surface area contributed by atoms with Gasteiger partial charge in [0, 0.05) is 50.4 Å². The van der Waals surface area contributed by atoms with Gasteiger partial charge < -0.3 is 20.0 Å². The number of aliphatic imine (C=N–C) groups is 1. The molecule has 1 aliphatic rings. The smallest absolute Gasteiger partial charge is 0.225 e. The quantitative estimate of drug-likeness (QED) is 0.377. The molecule has 6 nitrogen and oxygen atoms in total. The van der Waals surface area contributed by atoms with Crippen molar-refractivity contribution in [3.05, 3.63) is 36.1 Å². The number of hydrogen-bond acceptors (Lipinski definition) is 3. The van der Waals surface area contributed by atoms with E-state index < -0.39 is 0 Å². The van der Waals surface area contributed by atoms with E-state index in [1.165, 1.54) is 0 Å². The highest BCUT2D eigenvalue weighted by atomic mass is 127. The van der Waals surface area contributed by atoms with Gasteiger partial charge in [0.25, 0.3) is 0 Å². The maximum absolute atomic E-state index is 12.1. The van der Waals surface area contributed by atoms with Gasteiger partial charge in [-0.15, -0.1) is 24.0 Å². The van der Waals surface area contributed by atoms with Gasteiger partial charge in [0.1, 0.15) is 11.3 Å². The highest BCUT2D eigenvalue weighted by Gasteiger charge is 2.24. The first-order valence-corrected chi connectivity index (χ1v) is 9.80. The van der Waals surface area contributed by atoms with Gasteiger partial charge in [-0.1, -0.05) is 32.0 Å². The number of piperidine rings is 1. The molecular formula is C21H31IN4O2. The van der Waals surface area contributed by atoms with Crippen LogP contribution in [0.5, 0.6) is 0 Å². The van der Waals surface area contributed by atoms with Gasteiger partial charge in [0.05, 0.1) is 0 Å². The molecule has 0 unspecified atom stereocenters. The maximum atomic E-state index is 12.1. The standard InChI is InChI=1S/C21H30N4O2.HI/c1-15(2)20(26)25-12-9-17(10-13-25)24-21(22-3)23-11-8-18-14-16-6-4-5-7-19(16)27-18;/h4-7,14-15,17H,8-13H2,1-3H3,(H2,22,23,24);1H. The number of nitrogens with one attached hydrogen (secondary N) is 2. The number of rotatable bonds is 5. The van der Waals surface area contributed by atoms with Crippen LogP contribution in [0.3, 0.4) is 0 Å². The largest absolute Gasteiger partial charge is 0.461 e. The molecule has 2 aromatic rings. The number of hydrogen-bond donors (Lipinski definition) is 2. The Labute approximate surface area is 184 Å². The fourth-order valence-electron chi connectivity index (χ4n) is 3.46. The van der Waals surface area contributed by atoms with Crippen LogP contribution in [-0.4, -0.2) is 49.5 Å². The summed E-state index contributed by atoms with van der Waals surface area (Å²) in [5.41, 5.74) is 0.928. The minimum atomic E-state index is 0. The molecule has 2 N–H and O–H groups in total. The third-order valence-corrected chi connectivity index (χ3v) is 5.01. The van der Waals surface area contributed by atoms with Crippen LogP contribution in [0.2, 0.25) is 0 Å². The lowest BCUT2D eigenvalue weighted by atomic mass is 10.0. The summed E-state index contributed by atoms with van der Waals surface area (Å²) in [6, 6.07) is 10.5. The Morgan fingerprint density at radius 1 is 1.29 bits per heavy atom. The first-order chi connectivity index (χ1) is 13.1. The molecule has 3 rings (SSSR count). The minimum absolute atomic E-state index is 0. The van der Waals surface area contributed by atoms with Gasteiger partial charge in [0.15, 0.2) is 5.96 Å². The number of nitrogens with zero attached hydrogens (tertiary/aromatic N) is 2.